The number of rotatable bonds is 5. The Morgan fingerprint density at radius 1 is 1.35 bits per heavy atom. The Balaban J connectivity index is 2.55. The zero-order chi connectivity index (χ0) is 14.5. The van der Waals surface area contributed by atoms with E-state index >= 15 is 0 Å². The van der Waals surface area contributed by atoms with Crippen LogP contribution in [0, 0.1) is 6.92 Å². The number of ether oxygens (including phenoxy) is 1. The number of pyridine rings is 1. The van der Waals surface area contributed by atoms with Gasteiger partial charge in [0.05, 0.1) is 24.5 Å². The van der Waals surface area contributed by atoms with Crippen molar-refractivity contribution in [3.8, 4) is 5.75 Å². The summed E-state index contributed by atoms with van der Waals surface area (Å²) in [5, 5.41) is 11.7. The maximum Gasteiger partial charge on any atom is 0.142 e. The number of methoxy groups -OCH3 is 1. The summed E-state index contributed by atoms with van der Waals surface area (Å²) in [5.74, 6) is 0.767. The highest BCUT2D eigenvalue weighted by Gasteiger charge is 2.21. The fraction of sp³-hybridized carbons (Fsp3) is 0.400. The molecule has 2 aromatic heterocycles. The smallest absolute Gasteiger partial charge is 0.142 e. The molecule has 2 rings (SSSR count). The molecule has 2 aromatic rings. The van der Waals surface area contributed by atoms with Gasteiger partial charge in [-0.2, -0.15) is 10.2 Å². The van der Waals surface area contributed by atoms with Gasteiger partial charge >= 0.3 is 0 Å². The SMILES string of the molecule is CCc1nnc(C)cc1C(NC)c1ncccc1OC. The summed E-state index contributed by atoms with van der Waals surface area (Å²) in [4.78, 5) is 4.47. The van der Waals surface area contributed by atoms with Gasteiger partial charge in [0.2, 0.25) is 0 Å². The van der Waals surface area contributed by atoms with Crippen LogP contribution in [0.5, 0.6) is 5.75 Å². The summed E-state index contributed by atoms with van der Waals surface area (Å²) in [7, 11) is 3.57. The third-order valence-corrected chi connectivity index (χ3v) is 3.25. The van der Waals surface area contributed by atoms with E-state index in [1.165, 1.54) is 0 Å². The number of hydrogen-bond donors (Lipinski definition) is 1. The van der Waals surface area contributed by atoms with Crippen molar-refractivity contribution in [3.63, 3.8) is 0 Å². The van der Waals surface area contributed by atoms with Gasteiger partial charge in [0.15, 0.2) is 0 Å². The minimum atomic E-state index is -0.0599. The van der Waals surface area contributed by atoms with Crippen LogP contribution < -0.4 is 10.1 Å². The second-order valence-electron chi connectivity index (χ2n) is 4.55. The van der Waals surface area contributed by atoms with Gasteiger partial charge in [-0.05, 0) is 38.6 Å². The molecular weight excluding hydrogens is 252 g/mol. The largest absolute Gasteiger partial charge is 0.495 e. The summed E-state index contributed by atoms with van der Waals surface area (Å²) in [5.41, 5.74) is 3.83. The third kappa shape index (κ3) is 2.77. The van der Waals surface area contributed by atoms with E-state index in [1.54, 1.807) is 13.3 Å². The quantitative estimate of drug-likeness (QED) is 0.902. The highest BCUT2D eigenvalue weighted by molar-refractivity contribution is 5.38. The predicted molar refractivity (Wildman–Crippen MR) is 77.8 cm³/mol. The first-order chi connectivity index (χ1) is 9.71. The van der Waals surface area contributed by atoms with Gasteiger partial charge in [-0.25, -0.2) is 0 Å². The maximum atomic E-state index is 5.41. The zero-order valence-corrected chi connectivity index (χ0v) is 12.3. The first-order valence-electron chi connectivity index (χ1n) is 6.70. The van der Waals surface area contributed by atoms with Crippen LogP contribution in [0.15, 0.2) is 24.4 Å². The van der Waals surface area contributed by atoms with Gasteiger partial charge in [0.1, 0.15) is 11.4 Å². The van der Waals surface area contributed by atoms with E-state index < -0.39 is 0 Å². The average Bonchev–Trinajstić information content (AvgIpc) is 2.49. The fourth-order valence-electron chi connectivity index (χ4n) is 2.29. The Kier molecular flexibility index (Phi) is 4.63. The molecule has 1 unspecified atom stereocenters. The summed E-state index contributed by atoms with van der Waals surface area (Å²) in [6.07, 6.45) is 2.60. The van der Waals surface area contributed by atoms with Crippen LogP contribution in [-0.2, 0) is 6.42 Å². The fourth-order valence-corrected chi connectivity index (χ4v) is 2.29. The molecule has 0 amide bonds. The Bertz CT molecular complexity index is 586. The van der Waals surface area contributed by atoms with E-state index in [1.807, 2.05) is 26.1 Å². The molecule has 0 fully saturated rings. The van der Waals surface area contributed by atoms with Crippen LogP contribution in [0.3, 0.4) is 0 Å². The van der Waals surface area contributed by atoms with Crippen LogP contribution in [0.1, 0.15) is 35.6 Å². The van der Waals surface area contributed by atoms with E-state index in [9.17, 15) is 0 Å². The second-order valence-corrected chi connectivity index (χ2v) is 4.55. The monoisotopic (exact) mass is 272 g/mol. The molecule has 0 aliphatic carbocycles. The topological polar surface area (TPSA) is 59.9 Å². The van der Waals surface area contributed by atoms with Crippen molar-refractivity contribution in [2.45, 2.75) is 26.3 Å². The Morgan fingerprint density at radius 3 is 2.80 bits per heavy atom. The number of hydrogen-bond acceptors (Lipinski definition) is 5. The lowest BCUT2D eigenvalue weighted by molar-refractivity contribution is 0.401. The van der Waals surface area contributed by atoms with Gasteiger partial charge in [-0.1, -0.05) is 6.92 Å². The minimum Gasteiger partial charge on any atom is -0.495 e. The molecule has 1 atom stereocenters. The van der Waals surface area contributed by atoms with Crippen molar-refractivity contribution >= 4 is 0 Å². The van der Waals surface area contributed by atoms with Crippen LogP contribution in [-0.4, -0.2) is 29.3 Å². The summed E-state index contributed by atoms with van der Waals surface area (Å²) in [6.45, 7) is 4.02. The molecule has 0 saturated heterocycles. The van der Waals surface area contributed by atoms with E-state index in [2.05, 4.69) is 33.5 Å². The molecule has 20 heavy (non-hydrogen) atoms. The third-order valence-electron chi connectivity index (χ3n) is 3.25. The van der Waals surface area contributed by atoms with Crippen molar-refractivity contribution < 1.29 is 4.74 Å². The average molecular weight is 272 g/mol. The van der Waals surface area contributed by atoms with Crippen molar-refractivity contribution in [3.05, 3.63) is 47.0 Å². The summed E-state index contributed by atoms with van der Waals surface area (Å²) in [6, 6.07) is 5.78. The molecule has 0 aromatic carbocycles. The Labute approximate surface area is 119 Å². The van der Waals surface area contributed by atoms with Gasteiger partial charge in [-0.3, -0.25) is 4.98 Å². The van der Waals surface area contributed by atoms with Crippen LogP contribution in [0.2, 0.25) is 0 Å². The van der Waals surface area contributed by atoms with Crippen LogP contribution in [0.25, 0.3) is 0 Å². The molecule has 0 aliphatic rings. The van der Waals surface area contributed by atoms with Crippen LogP contribution >= 0.6 is 0 Å². The van der Waals surface area contributed by atoms with Crippen molar-refractivity contribution in [2.24, 2.45) is 0 Å². The molecule has 0 radical (unpaired) electrons. The minimum absolute atomic E-state index is 0.0599. The molecule has 106 valence electrons. The molecule has 5 nitrogen and oxygen atoms in total. The Hall–Kier alpha value is -2.01. The molecule has 1 N–H and O–H groups in total. The lowest BCUT2D eigenvalue weighted by Gasteiger charge is -2.20. The van der Waals surface area contributed by atoms with Crippen molar-refractivity contribution in [1.82, 2.24) is 20.5 Å². The number of aromatic nitrogens is 3. The van der Waals surface area contributed by atoms with Gasteiger partial charge in [0, 0.05) is 11.8 Å². The highest BCUT2D eigenvalue weighted by atomic mass is 16.5. The highest BCUT2D eigenvalue weighted by Crippen LogP contribution is 2.29. The van der Waals surface area contributed by atoms with E-state index in [-0.39, 0.29) is 6.04 Å². The number of nitrogens with one attached hydrogen (secondary N) is 1. The molecule has 0 aliphatic heterocycles. The maximum absolute atomic E-state index is 5.41. The van der Waals surface area contributed by atoms with E-state index in [0.717, 1.165) is 34.8 Å². The van der Waals surface area contributed by atoms with E-state index in [4.69, 9.17) is 4.74 Å². The molecule has 2 heterocycles. The lowest BCUT2D eigenvalue weighted by atomic mass is 9.99. The van der Waals surface area contributed by atoms with Crippen LogP contribution in [0.4, 0.5) is 0 Å². The molecular formula is C15H20N4O. The normalized spacial score (nSPS) is 12.2. The molecule has 0 spiro atoms. The van der Waals surface area contributed by atoms with Gasteiger partial charge < -0.3 is 10.1 Å². The first kappa shape index (κ1) is 14.4. The standard InChI is InChI=1S/C15H20N4O/c1-5-12-11(9-10(2)18-19-12)14(16-3)15-13(20-4)7-6-8-17-15/h6-9,14,16H,5H2,1-4H3. The van der Waals surface area contributed by atoms with Crippen molar-refractivity contribution in [1.29, 1.82) is 0 Å². The number of nitrogens with zero attached hydrogens (tertiary/aromatic N) is 3. The predicted octanol–water partition coefficient (Wildman–Crippen LogP) is 2.06. The number of aryl methyl sites for hydroxylation is 2. The lowest BCUT2D eigenvalue weighted by Crippen LogP contribution is -2.22. The summed E-state index contributed by atoms with van der Waals surface area (Å²) < 4.78 is 5.41. The van der Waals surface area contributed by atoms with E-state index in [0.29, 0.717) is 0 Å². The molecule has 0 saturated carbocycles. The molecule has 5 heteroatoms. The summed E-state index contributed by atoms with van der Waals surface area (Å²) >= 11 is 0. The Morgan fingerprint density at radius 2 is 2.15 bits per heavy atom. The van der Waals surface area contributed by atoms with Gasteiger partial charge in [-0.15, -0.1) is 0 Å². The zero-order valence-electron chi connectivity index (χ0n) is 12.3. The van der Waals surface area contributed by atoms with Crippen molar-refractivity contribution in [2.75, 3.05) is 14.2 Å². The second kappa shape index (κ2) is 6.43. The van der Waals surface area contributed by atoms with Gasteiger partial charge in [0.25, 0.3) is 0 Å². The molecule has 0 bridgehead atoms. The first-order valence-corrected chi connectivity index (χ1v) is 6.70.